The van der Waals surface area contributed by atoms with Gasteiger partial charge in [0, 0.05) is 37.3 Å². The highest BCUT2D eigenvalue weighted by atomic mass is 32.2. The normalized spacial score (nSPS) is 13.1. The molecule has 178 valence electrons. The number of rotatable bonds is 8. The molecule has 0 aliphatic carbocycles. The molecular weight excluding hydrogens is 452 g/mol. The van der Waals surface area contributed by atoms with Crippen LogP contribution in [0.5, 0.6) is 11.5 Å². The van der Waals surface area contributed by atoms with Crippen LogP contribution < -0.4 is 14.2 Å². The number of sulfonamides is 1. The molecule has 3 aromatic rings. The van der Waals surface area contributed by atoms with Gasteiger partial charge >= 0.3 is 0 Å². The number of nitrogens with zero attached hydrogens (tertiary/aromatic N) is 1. The van der Waals surface area contributed by atoms with Gasteiger partial charge in [-0.05, 0) is 54.8 Å². The lowest BCUT2D eigenvalue weighted by Crippen LogP contribution is -2.28. The van der Waals surface area contributed by atoms with Gasteiger partial charge in [0.2, 0.25) is 0 Å². The minimum Gasteiger partial charge on any atom is -0.490 e. The number of aryl methyl sites for hydroxylation is 1. The lowest BCUT2D eigenvalue weighted by Gasteiger charge is -2.17. The zero-order valence-electron chi connectivity index (χ0n) is 19.1. The van der Waals surface area contributed by atoms with E-state index in [1.165, 1.54) is 17.7 Å². The van der Waals surface area contributed by atoms with Crippen molar-refractivity contribution in [3.63, 3.8) is 0 Å². The lowest BCUT2D eigenvalue weighted by molar-refractivity contribution is 0.0793. The number of hydrogen-bond acceptors (Lipinski definition) is 5. The van der Waals surface area contributed by atoms with Crippen molar-refractivity contribution in [1.29, 1.82) is 0 Å². The van der Waals surface area contributed by atoms with Gasteiger partial charge in [0.1, 0.15) is 0 Å². The van der Waals surface area contributed by atoms with Crippen molar-refractivity contribution in [3.8, 4) is 11.5 Å². The number of carbonyl (C=O) groups is 1. The van der Waals surface area contributed by atoms with Crippen LogP contribution in [0.15, 0.2) is 77.7 Å². The molecule has 1 aliphatic rings. The maximum absolute atomic E-state index is 12.9. The van der Waals surface area contributed by atoms with Crippen LogP contribution >= 0.6 is 0 Å². The van der Waals surface area contributed by atoms with E-state index in [2.05, 4.69) is 16.9 Å². The van der Waals surface area contributed by atoms with Crippen LogP contribution in [0.25, 0.3) is 0 Å². The summed E-state index contributed by atoms with van der Waals surface area (Å²) in [5.74, 6) is 0.842. The van der Waals surface area contributed by atoms with Gasteiger partial charge in [0.25, 0.3) is 15.9 Å². The molecule has 7 nitrogen and oxygen atoms in total. The lowest BCUT2D eigenvalue weighted by atomic mass is 10.1. The maximum Gasteiger partial charge on any atom is 0.262 e. The second-order valence-electron chi connectivity index (χ2n) is 8.16. The Balaban J connectivity index is 1.36. The Morgan fingerprint density at radius 1 is 0.941 bits per heavy atom. The summed E-state index contributed by atoms with van der Waals surface area (Å²) in [7, 11) is -2.06. The van der Waals surface area contributed by atoms with E-state index in [0.717, 1.165) is 19.3 Å². The molecule has 0 aromatic heterocycles. The van der Waals surface area contributed by atoms with Crippen molar-refractivity contribution >= 4 is 21.6 Å². The molecule has 34 heavy (non-hydrogen) atoms. The minimum absolute atomic E-state index is 0.0788. The van der Waals surface area contributed by atoms with Crippen molar-refractivity contribution in [2.45, 2.75) is 24.2 Å². The fraction of sp³-hybridized carbons (Fsp3) is 0.269. The third kappa shape index (κ3) is 5.88. The molecule has 0 radical (unpaired) electrons. The smallest absolute Gasteiger partial charge is 0.262 e. The number of hydrogen-bond donors (Lipinski definition) is 1. The average molecular weight is 481 g/mol. The first-order valence-electron chi connectivity index (χ1n) is 11.2. The second kappa shape index (κ2) is 10.6. The number of benzene rings is 3. The van der Waals surface area contributed by atoms with Crippen LogP contribution in [-0.2, 0) is 16.4 Å². The Morgan fingerprint density at radius 3 is 2.38 bits per heavy atom. The maximum atomic E-state index is 12.9. The Hall–Kier alpha value is -3.52. The highest BCUT2D eigenvalue weighted by molar-refractivity contribution is 7.92. The van der Waals surface area contributed by atoms with Gasteiger partial charge in [0.05, 0.1) is 18.1 Å². The Kier molecular flexibility index (Phi) is 7.37. The molecule has 0 atom stereocenters. The first-order valence-corrected chi connectivity index (χ1v) is 12.7. The molecule has 0 saturated heterocycles. The third-order valence-corrected chi connectivity index (χ3v) is 6.94. The third-order valence-electron chi connectivity index (χ3n) is 5.56. The summed E-state index contributed by atoms with van der Waals surface area (Å²) in [6.45, 7) is 1.64. The highest BCUT2D eigenvalue weighted by Gasteiger charge is 2.19. The van der Waals surface area contributed by atoms with E-state index in [4.69, 9.17) is 9.47 Å². The topological polar surface area (TPSA) is 84.9 Å². The van der Waals surface area contributed by atoms with Gasteiger partial charge in [-0.2, -0.15) is 0 Å². The molecular formula is C26H28N2O5S. The number of carbonyl (C=O) groups excluding carboxylic acids is 1. The second-order valence-corrected chi connectivity index (χ2v) is 9.84. The van der Waals surface area contributed by atoms with Gasteiger partial charge in [0.15, 0.2) is 11.5 Å². The Labute approximate surface area is 200 Å². The molecule has 1 N–H and O–H groups in total. The zero-order valence-corrected chi connectivity index (χ0v) is 19.9. The van der Waals surface area contributed by atoms with E-state index in [9.17, 15) is 13.2 Å². The van der Waals surface area contributed by atoms with E-state index >= 15 is 0 Å². The van der Waals surface area contributed by atoms with Gasteiger partial charge < -0.3 is 14.4 Å². The van der Waals surface area contributed by atoms with E-state index in [-0.39, 0.29) is 10.8 Å². The van der Waals surface area contributed by atoms with Crippen LogP contribution in [0.2, 0.25) is 0 Å². The van der Waals surface area contributed by atoms with Crippen LogP contribution in [-0.4, -0.2) is 46.0 Å². The molecule has 8 heteroatoms. The van der Waals surface area contributed by atoms with Crippen LogP contribution in [0.4, 0.5) is 5.69 Å². The summed E-state index contributed by atoms with van der Waals surface area (Å²) in [4.78, 5) is 14.5. The van der Waals surface area contributed by atoms with Crippen LogP contribution in [0.3, 0.4) is 0 Å². The molecule has 1 amide bonds. The van der Waals surface area contributed by atoms with Gasteiger partial charge in [-0.15, -0.1) is 0 Å². The summed E-state index contributed by atoms with van der Waals surface area (Å²) in [5, 5.41) is 0. The molecule has 0 unspecified atom stereocenters. The Bertz CT molecular complexity index is 1230. The summed E-state index contributed by atoms with van der Waals surface area (Å²) in [6.07, 6.45) is 2.50. The van der Waals surface area contributed by atoms with Crippen molar-refractivity contribution in [2.75, 3.05) is 31.5 Å². The van der Waals surface area contributed by atoms with Crippen LogP contribution in [0.1, 0.15) is 28.8 Å². The number of ether oxygens (including phenoxy) is 2. The zero-order chi connectivity index (χ0) is 24.0. The minimum atomic E-state index is -3.83. The standard InChI is InChI=1S/C26H28N2O5S/c1-28(16-5-9-20-7-3-2-4-8-20)26(29)21-10-12-22(13-11-21)27-34(30,31)23-14-15-24-25(19-23)33-18-6-17-32-24/h2-4,7-8,10-15,19,27H,5-6,9,16-18H2,1H3. The van der Waals surface area contributed by atoms with Gasteiger partial charge in [-0.25, -0.2) is 8.42 Å². The molecule has 0 saturated carbocycles. The van der Waals surface area contributed by atoms with Crippen molar-refractivity contribution < 1.29 is 22.7 Å². The molecule has 0 spiro atoms. The average Bonchev–Trinajstić information content (AvgIpc) is 3.09. The molecule has 0 fully saturated rings. The van der Waals surface area contributed by atoms with Crippen LogP contribution in [0, 0.1) is 0 Å². The monoisotopic (exact) mass is 480 g/mol. The van der Waals surface area contributed by atoms with E-state index < -0.39 is 10.0 Å². The number of nitrogens with one attached hydrogen (secondary N) is 1. The summed E-state index contributed by atoms with van der Waals surface area (Å²) in [6, 6.07) is 21.1. The van der Waals surface area contributed by atoms with E-state index in [1.807, 2.05) is 18.2 Å². The highest BCUT2D eigenvalue weighted by Crippen LogP contribution is 2.32. The predicted molar refractivity (Wildman–Crippen MR) is 131 cm³/mol. The molecule has 3 aromatic carbocycles. The summed E-state index contributed by atoms with van der Waals surface area (Å²) >= 11 is 0. The number of anilines is 1. The molecule has 4 rings (SSSR count). The SMILES string of the molecule is CN(CCCc1ccccc1)C(=O)c1ccc(NS(=O)(=O)c2ccc3c(c2)OCCCO3)cc1. The van der Waals surface area contributed by atoms with Gasteiger partial charge in [-0.3, -0.25) is 9.52 Å². The van der Waals surface area contributed by atoms with E-state index in [1.54, 1.807) is 42.3 Å². The number of amides is 1. The summed E-state index contributed by atoms with van der Waals surface area (Å²) in [5.41, 5.74) is 2.12. The molecule has 1 heterocycles. The fourth-order valence-electron chi connectivity index (χ4n) is 3.69. The first-order chi connectivity index (χ1) is 16.4. The largest absolute Gasteiger partial charge is 0.490 e. The van der Waals surface area contributed by atoms with E-state index in [0.29, 0.717) is 42.5 Å². The summed E-state index contributed by atoms with van der Waals surface area (Å²) < 4.78 is 39.4. The number of fused-ring (bicyclic) bond motifs is 1. The fourth-order valence-corrected chi connectivity index (χ4v) is 4.77. The first kappa shape index (κ1) is 23.6. The molecule has 1 aliphatic heterocycles. The quantitative estimate of drug-likeness (QED) is 0.518. The van der Waals surface area contributed by atoms with Crippen molar-refractivity contribution in [1.82, 2.24) is 4.90 Å². The van der Waals surface area contributed by atoms with Crippen molar-refractivity contribution in [3.05, 3.63) is 83.9 Å². The van der Waals surface area contributed by atoms with Gasteiger partial charge in [-0.1, -0.05) is 30.3 Å². The predicted octanol–water partition coefficient (Wildman–Crippen LogP) is 4.35. The Morgan fingerprint density at radius 2 is 1.65 bits per heavy atom. The molecule has 0 bridgehead atoms. The van der Waals surface area contributed by atoms with Crippen molar-refractivity contribution in [2.24, 2.45) is 0 Å².